The molecule has 40 valence electrons. The van der Waals surface area contributed by atoms with Gasteiger partial charge in [-0.25, -0.2) is 0 Å². The summed E-state index contributed by atoms with van der Waals surface area (Å²) in [5, 5.41) is 4.57. The smallest absolute Gasteiger partial charge is 0.235 e. The number of aromatic nitrogens is 2. The van der Waals surface area contributed by atoms with Gasteiger partial charge in [0.2, 0.25) is 5.71 Å². The molecule has 2 heterocycles. The van der Waals surface area contributed by atoms with Crippen molar-refractivity contribution in [3.05, 3.63) is 18.5 Å². The van der Waals surface area contributed by atoms with E-state index in [0.717, 1.165) is 11.1 Å². The highest BCUT2D eigenvalue weighted by molar-refractivity contribution is 5.71. The molecule has 0 aromatic carbocycles. The first-order chi connectivity index (χ1) is 3.97. The number of nitrogens with one attached hydrogen (secondary N) is 1. The molecule has 0 aliphatic carbocycles. The maximum atomic E-state index is 4.75. The van der Waals surface area contributed by atoms with E-state index in [1.807, 2.05) is 12.3 Å². The molecule has 3 heteroatoms. The van der Waals surface area contributed by atoms with Gasteiger partial charge in [-0.1, -0.05) is 5.16 Å². The van der Waals surface area contributed by atoms with Gasteiger partial charge in [0.05, 0.1) is 11.6 Å². The van der Waals surface area contributed by atoms with Crippen LogP contribution in [0.25, 0.3) is 11.1 Å². The van der Waals surface area contributed by atoms with Gasteiger partial charge >= 0.3 is 0 Å². The van der Waals surface area contributed by atoms with E-state index in [-0.39, 0.29) is 0 Å². The van der Waals surface area contributed by atoms with Gasteiger partial charge in [0.15, 0.2) is 0 Å². The Hall–Kier alpha value is -1.25. The van der Waals surface area contributed by atoms with Gasteiger partial charge in [-0.15, -0.1) is 0 Å². The minimum Gasteiger partial charge on any atom is -0.338 e. The summed E-state index contributed by atoms with van der Waals surface area (Å²) < 4.78 is 4.75. The van der Waals surface area contributed by atoms with Gasteiger partial charge < -0.3 is 9.51 Å². The summed E-state index contributed by atoms with van der Waals surface area (Å²) in [6, 6.07) is 1.91. The van der Waals surface area contributed by atoms with Crippen molar-refractivity contribution >= 4 is 11.1 Å². The molecule has 3 nitrogen and oxygen atoms in total. The van der Waals surface area contributed by atoms with Gasteiger partial charge in [0.1, 0.15) is 0 Å². The SMILES string of the molecule is c1cc2cnoc2[nH]1. The topological polar surface area (TPSA) is 41.8 Å². The van der Waals surface area contributed by atoms with Crippen molar-refractivity contribution in [2.45, 2.75) is 0 Å². The maximum absolute atomic E-state index is 4.75. The Morgan fingerprint density at radius 3 is 3.50 bits per heavy atom. The highest BCUT2D eigenvalue weighted by Crippen LogP contribution is 2.07. The Bertz CT molecular complexity index is 232. The van der Waals surface area contributed by atoms with E-state index in [4.69, 9.17) is 4.52 Å². The highest BCUT2D eigenvalue weighted by Gasteiger charge is 1.93. The van der Waals surface area contributed by atoms with E-state index in [0.29, 0.717) is 0 Å². The number of rotatable bonds is 0. The predicted molar refractivity (Wildman–Crippen MR) is 28.4 cm³/mol. The molecule has 0 unspecified atom stereocenters. The first-order valence-electron chi connectivity index (χ1n) is 2.34. The average Bonchev–Trinajstić information content (AvgIpc) is 2.15. The van der Waals surface area contributed by atoms with Crippen LogP contribution in [0.2, 0.25) is 0 Å². The van der Waals surface area contributed by atoms with Gasteiger partial charge in [-0.3, -0.25) is 0 Å². The molecule has 1 N–H and O–H groups in total. The second-order valence-electron chi connectivity index (χ2n) is 1.59. The number of aromatic amines is 1. The van der Waals surface area contributed by atoms with Crippen molar-refractivity contribution in [1.29, 1.82) is 0 Å². The van der Waals surface area contributed by atoms with Crippen molar-refractivity contribution in [3.63, 3.8) is 0 Å². The number of fused-ring (bicyclic) bond motifs is 1. The summed E-state index contributed by atoms with van der Waals surface area (Å²) in [6.07, 6.45) is 3.49. The Kier molecular flexibility index (Phi) is 0.521. The quantitative estimate of drug-likeness (QED) is 0.550. The third-order valence-electron chi connectivity index (χ3n) is 1.08. The van der Waals surface area contributed by atoms with Crippen molar-refractivity contribution < 1.29 is 4.52 Å². The van der Waals surface area contributed by atoms with Crippen LogP contribution >= 0.6 is 0 Å². The Balaban J connectivity index is 3.06. The zero-order chi connectivity index (χ0) is 5.40. The lowest BCUT2D eigenvalue weighted by atomic mass is 10.5. The molecule has 0 saturated heterocycles. The van der Waals surface area contributed by atoms with Crippen LogP contribution in [-0.4, -0.2) is 10.1 Å². The van der Waals surface area contributed by atoms with Crippen LogP contribution in [-0.2, 0) is 0 Å². The predicted octanol–water partition coefficient (Wildman–Crippen LogP) is 1.16. The maximum Gasteiger partial charge on any atom is 0.235 e. The third kappa shape index (κ3) is 0.307. The van der Waals surface area contributed by atoms with Crippen LogP contribution in [0.4, 0.5) is 0 Å². The second kappa shape index (κ2) is 1.12. The van der Waals surface area contributed by atoms with E-state index >= 15 is 0 Å². The lowest BCUT2D eigenvalue weighted by Gasteiger charge is -1.64. The summed E-state index contributed by atoms with van der Waals surface area (Å²) >= 11 is 0. The van der Waals surface area contributed by atoms with Crippen LogP contribution < -0.4 is 0 Å². The van der Waals surface area contributed by atoms with Crippen molar-refractivity contribution in [2.24, 2.45) is 0 Å². The molecule has 0 radical (unpaired) electrons. The highest BCUT2D eigenvalue weighted by atomic mass is 16.5. The largest absolute Gasteiger partial charge is 0.338 e. The number of hydrogen-bond donors (Lipinski definition) is 1. The molecule has 0 fully saturated rings. The minimum absolute atomic E-state index is 0.741. The van der Waals surface area contributed by atoms with Gasteiger partial charge in [0.25, 0.3) is 0 Å². The summed E-state index contributed by atoms with van der Waals surface area (Å²) in [5.41, 5.74) is 0.741. The van der Waals surface area contributed by atoms with E-state index < -0.39 is 0 Å². The van der Waals surface area contributed by atoms with Crippen LogP contribution in [0.15, 0.2) is 23.0 Å². The molecule has 2 aromatic rings. The molecule has 0 spiro atoms. The summed E-state index contributed by atoms with van der Waals surface area (Å²) in [7, 11) is 0. The zero-order valence-corrected chi connectivity index (χ0v) is 4.09. The van der Waals surface area contributed by atoms with Crippen molar-refractivity contribution in [3.8, 4) is 0 Å². The normalized spacial score (nSPS) is 10.5. The molecule has 0 aliphatic rings. The van der Waals surface area contributed by atoms with Gasteiger partial charge in [-0.05, 0) is 6.07 Å². The Morgan fingerprint density at radius 2 is 2.62 bits per heavy atom. The molecular formula is C5H4N2O. The van der Waals surface area contributed by atoms with Crippen LogP contribution in [0.5, 0.6) is 0 Å². The molecule has 0 bridgehead atoms. The lowest BCUT2D eigenvalue weighted by molar-refractivity contribution is 0.449. The van der Waals surface area contributed by atoms with E-state index in [1.54, 1.807) is 6.20 Å². The number of hydrogen-bond acceptors (Lipinski definition) is 2. The molecule has 2 rings (SSSR count). The van der Waals surface area contributed by atoms with Crippen LogP contribution in [0.1, 0.15) is 0 Å². The summed E-state index contributed by atoms with van der Waals surface area (Å²) in [5.74, 6) is 0. The lowest BCUT2D eigenvalue weighted by Crippen LogP contribution is -1.52. The molecule has 0 aliphatic heterocycles. The minimum atomic E-state index is 0.741. The molecule has 0 atom stereocenters. The van der Waals surface area contributed by atoms with E-state index in [1.165, 1.54) is 0 Å². The molecule has 2 aromatic heterocycles. The van der Waals surface area contributed by atoms with Gasteiger partial charge in [0, 0.05) is 6.20 Å². The standard InChI is InChI=1S/C5H4N2O/c1-2-6-5-4(1)3-7-8-5/h1-3,6H. The summed E-state index contributed by atoms with van der Waals surface area (Å²) in [4.78, 5) is 2.87. The number of H-pyrrole nitrogens is 1. The summed E-state index contributed by atoms with van der Waals surface area (Å²) in [6.45, 7) is 0. The first-order valence-corrected chi connectivity index (χ1v) is 2.34. The average molecular weight is 108 g/mol. The monoisotopic (exact) mass is 108 g/mol. The zero-order valence-electron chi connectivity index (χ0n) is 4.09. The van der Waals surface area contributed by atoms with E-state index in [2.05, 4.69) is 10.1 Å². The Morgan fingerprint density at radius 1 is 1.62 bits per heavy atom. The van der Waals surface area contributed by atoms with Crippen LogP contribution in [0.3, 0.4) is 0 Å². The number of nitrogens with zero attached hydrogens (tertiary/aromatic N) is 1. The van der Waals surface area contributed by atoms with Crippen molar-refractivity contribution in [1.82, 2.24) is 10.1 Å². The molecule has 0 saturated carbocycles. The van der Waals surface area contributed by atoms with Crippen LogP contribution in [0, 0.1) is 0 Å². The first kappa shape index (κ1) is 3.72. The Labute approximate surface area is 45.3 Å². The molecular weight excluding hydrogens is 104 g/mol. The second-order valence-corrected chi connectivity index (χ2v) is 1.59. The molecule has 0 amide bonds. The third-order valence-corrected chi connectivity index (χ3v) is 1.08. The van der Waals surface area contributed by atoms with Gasteiger partial charge in [-0.2, -0.15) is 0 Å². The fourth-order valence-corrected chi connectivity index (χ4v) is 0.683. The van der Waals surface area contributed by atoms with Crippen molar-refractivity contribution in [2.75, 3.05) is 0 Å². The van der Waals surface area contributed by atoms with E-state index in [9.17, 15) is 0 Å². The fourth-order valence-electron chi connectivity index (χ4n) is 0.683. The fraction of sp³-hybridized carbons (Fsp3) is 0. The molecule has 8 heavy (non-hydrogen) atoms.